The highest BCUT2D eigenvalue weighted by Gasteiger charge is 2.25. The van der Waals surface area contributed by atoms with Gasteiger partial charge in [-0.3, -0.25) is 4.90 Å². The van der Waals surface area contributed by atoms with E-state index in [1.807, 2.05) is 18.3 Å². The highest BCUT2D eigenvalue weighted by atomic mass is 79.9. The average Bonchev–Trinajstić information content (AvgIpc) is 2.18. The molecule has 0 saturated carbocycles. The van der Waals surface area contributed by atoms with Gasteiger partial charge in [-0.1, -0.05) is 6.92 Å². The zero-order valence-electron chi connectivity index (χ0n) is 8.91. The normalized spacial score (nSPS) is 17.5. The quantitative estimate of drug-likeness (QED) is 0.910. The molecule has 1 saturated heterocycles. The van der Waals surface area contributed by atoms with Crippen molar-refractivity contribution in [3.8, 4) is 0 Å². The molecule has 1 N–H and O–H groups in total. The number of nitrogens with zero attached hydrogens (tertiary/aromatic N) is 2. The summed E-state index contributed by atoms with van der Waals surface area (Å²) in [7, 11) is 0. The molecule has 2 heterocycles. The molecule has 1 aliphatic heterocycles. The Kier molecular flexibility index (Phi) is 3.59. The monoisotopic (exact) mass is 269 g/mol. The fourth-order valence-electron chi connectivity index (χ4n) is 1.83. The molecule has 1 aliphatic rings. The first-order chi connectivity index (χ1) is 7.28. The number of anilines is 1. The van der Waals surface area contributed by atoms with Crippen LogP contribution in [-0.4, -0.2) is 35.6 Å². The summed E-state index contributed by atoms with van der Waals surface area (Å²) in [4.78, 5) is 6.75. The van der Waals surface area contributed by atoms with Gasteiger partial charge < -0.3 is 5.32 Å². The molecule has 3 nitrogen and oxygen atoms in total. The molecule has 0 radical (unpaired) electrons. The van der Waals surface area contributed by atoms with Crippen LogP contribution in [0.3, 0.4) is 0 Å². The van der Waals surface area contributed by atoms with Crippen molar-refractivity contribution in [2.24, 2.45) is 0 Å². The maximum Gasteiger partial charge on any atom is 0.126 e. The predicted octanol–water partition coefficient (Wildman–Crippen LogP) is 2.35. The molecule has 0 amide bonds. The molecule has 15 heavy (non-hydrogen) atoms. The van der Waals surface area contributed by atoms with Gasteiger partial charge in [0.1, 0.15) is 5.82 Å². The van der Waals surface area contributed by atoms with Crippen LogP contribution < -0.4 is 5.32 Å². The summed E-state index contributed by atoms with van der Waals surface area (Å²) in [6, 6.07) is 4.59. The molecule has 0 bridgehead atoms. The van der Waals surface area contributed by atoms with Gasteiger partial charge >= 0.3 is 0 Å². The first kappa shape index (κ1) is 10.9. The van der Waals surface area contributed by atoms with Crippen molar-refractivity contribution >= 4 is 21.7 Å². The van der Waals surface area contributed by atoms with Gasteiger partial charge in [0.2, 0.25) is 0 Å². The number of pyridine rings is 1. The Balaban J connectivity index is 1.77. The second-order valence-corrected chi connectivity index (χ2v) is 4.88. The Morgan fingerprint density at radius 2 is 2.33 bits per heavy atom. The highest BCUT2D eigenvalue weighted by molar-refractivity contribution is 9.10. The zero-order valence-corrected chi connectivity index (χ0v) is 10.5. The smallest absolute Gasteiger partial charge is 0.126 e. The number of hydrogen-bond donors (Lipinski definition) is 1. The summed E-state index contributed by atoms with van der Waals surface area (Å²) < 4.78 is 1.02. The Morgan fingerprint density at radius 1 is 1.53 bits per heavy atom. The molecule has 0 atom stereocenters. The lowest BCUT2D eigenvalue weighted by atomic mass is 10.1. The van der Waals surface area contributed by atoms with E-state index in [9.17, 15) is 0 Å². The Hall–Kier alpha value is -0.610. The minimum absolute atomic E-state index is 0.574. The van der Waals surface area contributed by atoms with Gasteiger partial charge in [0.15, 0.2) is 0 Å². The second kappa shape index (κ2) is 4.94. The van der Waals surface area contributed by atoms with Gasteiger partial charge in [-0.15, -0.1) is 0 Å². The maximum absolute atomic E-state index is 4.29. The van der Waals surface area contributed by atoms with Crippen molar-refractivity contribution in [3.05, 3.63) is 22.8 Å². The summed E-state index contributed by atoms with van der Waals surface area (Å²) in [5, 5.41) is 3.42. The van der Waals surface area contributed by atoms with E-state index in [1.165, 1.54) is 13.0 Å². The number of likely N-dealkylation sites (tertiary alicyclic amines) is 1. The van der Waals surface area contributed by atoms with E-state index in [0.717, 1.165) is 23.4 Å². The molecular formula is C11H16BrN3. The topological polar surface area (TPSA) is 28.2 Å². The first-order valence-electron chi connectivity index (χ1n) is 5.38. The number of halogens is 1. The third-order valence-electron chi connectivity index (χ3n) is 2.58. The predicted molar refractivity (Wildman–Crippen MR) is 66.1 cm³/mol. The molecule has 0 unspecified atom stereocenters. The van der Waals surface area contributed by atoms with Crippen molar-refractivity contribution in [1.29, 1.82) is 0 Å². The van der Waals surface area contributed by atoms with Gasteiger partial charge in [-0.05, 0) is 41.0 Å². The highest BCUT2D eigenvalue weighted by Crippen LogP contribution is 2.15. The molecule has 0 spiro atoms. The van der Waals surface area contributed by atoms with Crippen molar-refractivity contribution in [1.82, 2.24) is 9.88 Å². The van der Waals surface area contributed by atoms with Gasteiger partial charge in [-0.25, -0.2) is 4.98 Å². The number of nitrogens with one attached hydrogen (secondary N) is 1. The summed E-state index contributed by atoms with van der Waals surface area (Å²) in [6.45, 7) is 5.72. The lowest BCUT2D eigenvalue weighted by Gasteiger charge is -2.39. The van der Waals surface area contributed by atoms with Crippen LogP contribution in [-0.2, 0) is 0 Å². The maximum atomic E-state index is 4.29. The van der Waals surface area contributed by atoms with Crippen LogP contribution in [0.15, 0.2) is 22.8 Å². The van der Waals surface area contributed by atoms with E-state index in [2.05, 4.69) is 38.1 Å². The van der Waals surface area contributed by atoms with E-state index in [1.54, 1.807) is 0 Å². The number of rotatable bonds is 4. The summed E-state index contributed by atoms with van der Waals surface area (Å²) in [5.41, 5.74) is 0. The van der Waals surface area contributed by atoms with Gasteiger partial charge in [0.25, 0.3) is 0 Å². The third-order valence-corrected chi connectivity index (χ3v) is 3.05. The van der Waals surface area contributed by atoms with E-state index in [0.29, 0.717) is 6.04 Å². The minimum atomic E-state index is 0.574. The molecule has 82 valence electrons. The van der Waals surface area contributed by atoms with Crippen LogP contribution in [0.25, 0.3) is 0 Å². The Morgan fingerprint density at radius 3 is 2.93 bits per heavy atom. The molecular weight excluding hydrogens is 254 g/mol. The second-order valence-electron chi connectivity index (χ2n) is 3.96. The molecule has 1 aromatic rings. The molecule has 1 aromatic heterocycles. The SMILES string of the molecule is CCCN1CC(Nc2ccc(Br)cn2)C1. The van der Waals surface area contributed by atoms with Gasteiger partial charge in [0, 0.05) is 23.8 Å². The third kappa shape index (κ3) is 2.92. The van der Waals surface area contributed by atoms with E-state index >= 15 is 0 Å². The first-order valence-corrected chi connectivity index (χ1v) is 6.17. The Bertz CT molecular complexity index is 306. The molecule has 0 aromatic carbocycles. The van der Waals surface area contributed by atoms with Crippen molar-refractivity contribution in [3.63, 3.8) is 0 Å². The number of hydrogen-bond acceptors (Lipinski definition) is 3. The van der Waals surface area contributed by atoms with Gasteiger partial charge in [0.05, 0.1) is 6.04 Å². The van der Waals surface area contributed by atoms with Crippen LogP contribution in [0.5, 0.6) is 0 Å². The molecule has 2 rings (SSSR count). The number of aromatic nitrogens is 1. The zero-order chi connectivity index (χ0) is 10.7. The lowest BCUT2D eigenvalue weighted by molar-refractivity contribution is 0.162. The van der Waals surface area contributed by atoms with Crippen LogP contribution in [0.2, 0.25) is 0 Å². The fourth-order valence-corrected chi connectivity index (χ4v) is 2.06. The Labute approximate surface area is 99.0 Å². The minimum Gasteiger partial charge on any atom is -0.365 e. The van der Waals surface area contributed by atoms with Crippen LogP contribution >= 0.6 is 15.9 Å². The standard InChI is InChI=1S/C11H16BrN3/c1-2-5-15-7-10(8-15)14-11-4-3-9(12)6-13-11/h3-4,6,10H,2,5,7-8H2,1H3,(H,13,14). The van der Waals surface area contributed by atoms with Crippen molar-refractivity contribution in [2.75, 3.05) is 25.0 Å². The summed E-state index contributed by atoms with van der Waals surface area (Å²) >= 11 is 3.37. The summed E-state index contributed by atoms with van der Waals surface area (Å²) in [6.07, 6.45) is 3.06. The average molecular weight is 270 g/mol. The van der Waals surface area contributed by atoms with Crippen LogP contribution in [0, 0.1) is 0 Å². The van der Waals surface area contributed by atoms with E-state index in [4.69, 9.17) is 0 Å². The van der Waals surface area contributed by atoms with Crippen molar-refractivity contribution < 1.29 is 0 Å². The van der Waals surface area contributed by atoms with E-state index < -0.39 is 0 Å². The lowest BCUT2D eigenvalue weighted by Crippen LogP contribution is -2.54. The van der Waals surface area contributed by atoms with Crippen LogP contribution in [0.1, 0.15) is 13.3 Å². The largest absolute Gasteiger partial charge is 0.365 e. The van der Waals surface area contributed by atoms with Crippen molar-refractivity contribution in [2.45, 2.75) is 19.4 Å². The van der Waals surface area contributed by atoms with Crippen LogP contribution in [0.4, 0.5) is 5.82 Å². The summed E-state index contributed by atoms with van der Waals surface area (Å²) in [5.74, 6) is 0.972. The molecule has 1 fully saturated rings. The molecule has 0 aliphatic carbocycles. The molecule has 4 heteroatoms. The van der Waals surface area contributed by atoms with E-state index in [-0.39, 0.29) is 0 Å². The van der Waals surface area contributed by atoms with Gasteiger partial charge in [-0.2, -0.15) is 0 Å². The fraction of sp³-hybridized carbons (Fsp3) is 0.545.